The Labute approximate surface area is 61.8 Å². The van der Waals surface area contributed by atoms with Crippen molar-refractivity contribution in [3.05, 3.63) is 0 Å². The van der Waals surface area contributed by atoms with E-state index < -0.39 is 6.17 Å². The first-order chi connectivity index (χ1) is 4.60. The van der Waals surface area contributed by atoms with E-state index in [9.17, 15) is 4.39 Å². The first-order valence-corrected chi connectivity index (χ1v) is 4.24. The molecule has 2 aliphatic rings. The van der Waals surface area contributed by atoms with E-state index in [1.54, 1.807) is 0 Å². The molecule has 0 amide bonds. The highest BCUT2D eigenvalue weighted by Gasteiger charge is 2.77. The van der Waals surface area contributed by atoms with Gasteiger partial charge in [-0.05, 0) is 24.2 Å². The van der Waals surface area contributed by atoms with Gasteiger partial charge in [-0.2, -0.15) is 0 Å². The van der Waals surface area contributed by atoms with Crippen LogP contribution in [0.5, 0.6) is 0 Å². The number of rotatable bonds is 1. The molecule has 1 heteroatoms. The van der Waals surface area contributed by atoms with Gasteiger partial charge in [-0.25, -0.2) is 4.39 Å². The minimum Gasteiger partial charge on any atom is -0.247 e. The lowest BCUT2D eigenvalue weighted by Gasteiger charge is -1.99. The van der Waals surface area contributed by atoms with Crippen LogP contribution in [0, 0.1) is 23.2 Å². The SMILES string of the molecule is CC(C)C1C(C)C12CC2F. The van der Waals surface area contributed by atoms with Crippen molar-refractivity contribution in [2.45, 2.75) is 33.4 Å². The quantitative estimate of drug-likeness (QED) is 0.528. The normalized spacial score (nSPS) is 57.9. The van der Waals surface area contributed by atoms with Gasteiger partial charge < -0.3 is 0 Å². The van der Waals surface area contributed by atoms with Crippen molar-refractivity contribution >= 4 is 0 Å². The van der Waals surface area contributed by atoms with E-state index in [2.05, 4.69) is 20.8 Å². The molecule has 4 unspecified atom stereocenters. The van der Waals surface area contributed by atoms with Gasteiger partial charge in [0, 0.05) is 5.41 Å². The number of alkyl halides is 1. The summed E-state index contributed by atoms with van der Waals surface area (Å²) in [6.45, 7) is 6.62. The van der Waals surface area contributed by atoms with E-state index >= 15 is 0 Å². The molecule has 0 aromatic rings. The van der Waals surface area contributed by atoms with E-state index in [-0.39, 0.29) is 5.41 Å². The van der Waals surface area contributed by atoms with Crippen LogP contribution in [-0.4, -0.2) is 6.17 Å². The fraction of sp³-hybridized carbons (Fsp3) is 1.00. The van der Waals surface area contributed by atoms with E-state index in [0.717, 1.165) is 6.42 Å². The highest BCUT2D eigenvalue weighted by Crippen LogP contribution is 2.77. The largest absolute Gasteiger partial charge is 0.247 e. The van der Waals surface area contributed by atoms with Gasteiger partial charge in [-0.15, -0.1) is 0 Å². The van der Waals surface area contributed by atoms with Crippen LogP contribution in [0.25, 0.3) is 0 Å². The Hall–Kier alpha value is -0.0700. The Bertz CT molecular complexity index is 164. The molecule has 0 radical (unpaired) electrons. The molecule has 10 heavy (non-hydrogen) atoms. The second kappa shape index (κ2) is 1.57. The zero-order valence-electron chi connectivity index (χ0n) is 6.89. The van der Waals surface area contributed by atoms with Gasteiger partial charge in [0.25, 0.3) is 0 Å². The van der Waals surface area contributed by atoms with Crippen molar-refractivity contribution in [3.63, 3.8) is 0 Å². The maximum absolute atomic E-state index is 12.8. The molecule has 2 saturated carbocycles. The fourth-order valence-corrected chi connectivity index (χ4v) is 2.96. The molecule has 0 nitrogen and oxygen atoms in total. The van der Waals surface area contributed by atoms with Crippen molar-refractivity contribution in [3.8, 4) is 0 Å². The molecule has 1 spiro atoms. The topological polar surface area (TPSA) is 0 Å². The number of hydrogen-bond acceptors (Lipinski definition) is 0. The zero-order valence-corrected chi connectivity index (χ0v) is 6.89. The maximum Gasteiger partial charge on any atom is 0.107 e. The number of hydrogen-bond donors (Lipinski definition) is 0. The molecule has 2 fully saturated rings. The molecule has 0 bridgehead atoms. The lowest BCUT2D eigenvalue weighted by Crippen LogP contribution is -1.93. The summed E-state index contributed by atoms with van der Waals surface area (Å²) in [5.74, 6) is 2.06. The molecule has 0 heterocycles. The third-order valence-corrected chi connectivity index (χ3v) is 3.57. The predicted molar refractivity (Wildman–Crippen MR) is 39.4 cm³/mol. The molecular weight excluding hydrogens is 127 g/mol. The standard InChI is InChI=1S/C9H15F/c1-5(2)8-6(3)9(8)4-7(9)10/h5-8H,4H2,1-3H3. The van der Waals surface area contributed by atoms with Gasteiger partial charge in [0.15, 0.2) is 0 Å². The average molecular weight is 142 g/mol. The van der Waals surface area contributed by atoms with E-state index in [4.69, 9.17) is 0 Å². The Kier molecular flexibility index (Phi) is 1.04. The predicted octanol–water partition coefficient (Wildman–Crippen LogP) is 2.64. The summed E-state index contributed by atoms with van der Waals surface area (Å²) < 4.78 is 12.8. The lowest BCUT2D eigenvalue weighted by atomic mass is 10.1. The molecule has 0 aromatic heterocycles. The monoisotopic (exact) mass is 142 g/mol. The average Bonchev–Trinajstić information content (AvgIpc) is 2.55. The van der Waals surface area contributed by atoms with Crippen molar-refractivity contribution < 1.29 is 4.39 Å². The Morgan fingerprint density at radius 2 is 2.00 bits per heavy atom. The Morgan fingerprint density at radius 1 is 1.50 bits per heavy atom. The highest BCUT2D eigenvalue weighted by molar-refractivity contribution is 5.24. The Morgan fingerprint density at radius 3 is 2.10 bits per heavy atom. The van der Waals surface area contributed by atoms with Gasteiger partial charge in [-0.1, -0.05) is 20.8 Å². The van der Waals surface area contributed by atoms with E-state index in [1.165, 1.54) is 0 Å². The zero-order chi connectivity index (χ0) is 7.52. The van der Waals surface area contributed by atoms with Crippen molar-refractivity contribution in [2.75, 3.05) is 0 Å². The van der Waals surface area contributed by atoms with Gasteiger partial charge >= 0.3 is 0 Å². The van der Waals surface area contributed by atoms with Crippen LogP contribution in [0.4, 0.5) is 4.39 Å². The van der Waals surface area contributed by atoms with Crippen molar-refractivity contribution in [1.29, 1.82) is 0 Å². The van der Waals surface area contributed by atoms with Gasteiger partial charge in [0.1, 0.15) is 6.17 Å². The second-order valence-electron chi connectivity index (χ2n) is 4.34. The van der Waals surface area contributed by atoms with Crippen molar-refractivity contribution in [2.24, 2.45) is 23.2 Å². The van der Waals surface area contributed by atoms with E-state index in [1.807, 2.05) is 0 Å². The van der Waals surface area contributed by atoms with Crippen LogP contribution in [0.3, 0.4) is 0 Å². The summed E-state index contributed by atoms with van der Waals surface area (Å²) in [7, 11) is 0. The lowest BCUT2D eigenvalue weighted by molar-refractivity contribution is 0.404. The molecule has 2 aliphatic carbocycles. The number of halogens is 1. The minimum absolute atomic E-state index is 0.189. The fourth-order valence-electron chi connectivity index (χ4n) is 2.96. The maximum atomic E-state index is 12.8. The molecule has 0 N–H and O–H groups in total. The van der Waals surface area contributed by atoms with Crippen molar-refractivity contribution in [1.82, 2.24) is 0 Å². The summed E-state index contributed by atoms with van der Waals surface area (Å²) in [6.07, 6.45) is 0.409. The second-order valence-corrected chi connectivity index (χ2v) is 4.34. The molecule has 0 aromatic carbocycles. The third-order valence-electron chi connectivity index (χ3n) is 3.57. The van der Waals surface area contributed by atoms with Crippen LogP contribution in [0.15, 0.2) is 0 Å². The molecule has 0 aliphatic heterocycles. The van der Waals surface area contributed by atoms with Gasteiger partial charge in [0.05, 0.1) is 0 Å². The van der Waals surface area contributed by atoms with Gasteiger partial charge in [-0.3, -0.25) is 0 Å². The first-order valence-electron chi connectivity index (χ1n) is 4.24. The van der Waals surface area contributed by atoms with Crippen LogP contribution in [0.2, 0.25) is 0 Å². The van der Waals surface area contributed by atoms with Crippen LogP contribution < -0.4 is 0 Å². The van der Waals surface area contributed by atoms with Crippen LogP contribution in [0.1, 0.15) is 27.2 Å². The summed E-state index contributed by atoms with van der Waals surface area (Å²) in [5, 5.41) is 0. The molecule has 0 saturated heterocycles. The van der Waals surface area contributed by atoms with E-state index in [0.29, 0.717) is 17.8 Å². The summed E-state index contributed by atoms with van der Waals surface area (Å²) in [6, 6.07) is 0. The molecule has 4 atom stereocenters. The summed E-state index contributed by atoms with van der Waals surface area (Å²) in [5.41, 5.74) is 0.189. The first kappa shape index (κ1) is 6.63. The molecule has 2 rings (SSSR count). The molecular formula is C9H15F. The smallest absolute Gasteiger partial charge is 0.107 e. The minimum atomic E-state index is -0.449. The Balaban J connectivity index is 2.06. The van der Waals surface area contributed by atoms with Gasteiger partial charge in [0.2, 0.25) is 0 Å². The molecule has 58 valence electrons. The van der Waals surface area contributed by atoms with Crippen LogP contribution >= 0.6 is 0 Å². The highest BCUT2D eigenvalue weighted by atomic mass is 19.1. The summed E-state index contributed by atoms with van der Waals surface area (Å²) in [4.78, 5) is 0. The summed E-state index contributed by atoms with van der Waals surface area (Å²) >= 11 is 0. The van der Waals surface area contributed by atoms with Crippen LogP contribution in [-0.2, 0) is 0 Å². The third kappa shape index (κ3) is 0.525.